The van der Waals surface area contributed by atoms with Crippen molar-refractivity contribution in [2.24, 2.45) is 0 Å². The zero-order chi connectivity index (χ0) is 25.1. The molecule has 36 heavy (non-hydrogen) atoms. The van der Waals surface area contributed by atoms with Crippen LogP contribution in [0.15, 0.2) is 85.2 Å². The summed E-state index contributed by atoms with van der Waals surface area (Å²) in [4.78, 5) is 25.7. The molecule has 0 aliphatic rings. The number of aromatic amines is 1. The number of nitrogens with one attached hydrogen (secondary N) is 3. The molecule has 3 heterocycles. The van der Waals surface area contributed by atoms with E-state index in [0.717, 1.165) is 39.2 Å². The number of para-hydroxylation sites is 1. The highest BCUT2D eigenvalue weighted by atomic mass is 16.5. The molecule has 3 N–H and O–H groups in total. The van der Waals surface area contributed by atoms with Crippen molar-refractivity contribution in [2.45, 2.75) is 19.9 Å². The van der Waals surface area contributed by atoms with Crippen LogP contribution < -0.4 is 15.4 Å². The first-order valence-corrected chi connectivity index (χ1v) is 11.7. The second kappa shape index (κ2) is 9.92. The molecule has 7 nitrogen and oxygen atoms in total. The van der Waals surface area contributed by atoms with Crippen molar-refractivity contribution in [3.8, 4) is 5.75 Å². The molecule has 0 unspecified atom stereocenters. The molecule has 0 radical (unpaired) electrons. The third kappa shape index (κ3) is 4.63. The van der Waals surface area contributed by atoms with E-state index in [2.05, 4.69) is 25.6 Å². The van der Waals surface area contributed by atoms with Crippen molar-refractivity contribution in [2.75, 3.05) is 17.7 Å². The maximum atomic E-state index is 13.0. The number of nitrogens with zero attached hydrogens (tertiary/aromatic N) is 2. The summed E-state index contributed by atoms with van der Waals surface area (Å²) < 4.78 is 5.36. The number of H-pyrrole nitrogens is 1. The second-order valence-corrected chi connectivity index (χ2v) is 8.63. The number of anilines is 2. The van der Waals surface area contributed by atoms with E-state index >= 15 is 0 Å². The van der Waals surface area contributed by atoms with E-state index < -0.39 is 0 Å². The Kier molecular flexibility index (Phi) is 6.36. The highest BCUT2D eigenvalue weighted by Crippen LogP contribution is 2.35. The van der Waals surface area contributed by atoms with Crippen LogP contribution in [0.4, 0.5) is 11.5 Å². The molecule has 1 amide bonds. The minimum Gasteiger partial charge on any atom is -0.496 e. The van der Waals surface area contributed by atoms with Gasteiger partial charge in [0.25, 0.3) is 5.91 Å². The fraction of sp³-hybridized carbons (Fsp3) is 0.138. The van der Waals surface area contributed by atoms with Crippen LogP contribution in [0.5, 0.6) is 5.75 Å². The summed E-state index contributed by atoms with van der Waals surface area (Å²) in [6.45, 7) is 4.08. The van der Waals surface area contributed by atoms with E-state index in [-0.39, 0.29) is 11.9 Å². The average molecular weight is 478 g/mol. The quantitative estimate of drug-likeness (QED) is 0.266. The molecule has 0 saturated heterocycles. The number of rotatable bonds is 7. The third-order valence-corrected chi connectivity index (χ3v) is 6.13. The maximum absolute atomic E-state index is 13.0. The Labute approximate surface area is 209 Å². The molecule has 2 aromatic carbocycles. The van der Waals surface area contributed by atoms with Crippen LogP contribution in [0, 0.1) is 13.8 Å². The van der Waals surface area contributed by atoms with Crippen LogP contribution in [-0.4, -0.2) is 28.0 Å². The fourth-order valence-corrected chi connectivity index (χ4v) is 4.43. The number of amides is 1. The van der Waals surface area contributed by atoms with E-state index in [0.29, 0.717) is 17.0 Å². The van der Waals surface area contributed by atoms with Gasteiger partial charge >= 0.3 is 0 Å². The molecule has 0 aliphatic heterocycles. The smallest absolute Gasteiger partial charge is 0.259 e. The van der Waals surface area contributed by atoms with E-state index in [1.807, 2.05) is 74.5 Å². The number of carbonyl (C=O) groups is 1. The van der Waals surface area contributed by atoms with Gasteiger partial charge in [0, 0.05) is 40.2 Å². The van der Waals surface area contributed by atoms with Crippen molar-refractivity contribution in [1.82, 2.24) is 15.0 Å². The van der Waals surface area contributed by atoms with Crippen molar-refractivity contribution in [3.63, 3.8) is 0 Å². The van der Waals surface area contributed by atoms with Gasteiger partial charge in [-0.15, -0.1) is 0 Å². The van der Waals surface area contributed by atoms with Gasteiger partial charge in [-0.25, -0.2) is 4.98 Å². The summed E-state index contributed by atoms with van der Waals surface area (Å²) in [5.41, 5.74) is 6.17. The molecular formula is C29H27N5O2. The predicted octanol–water partition coefficient (Wildman–Crippen LogP) is 6.04. The van der Waals surface area contributed by atoms with Gasteiger partial charge in [-0.3, -0.25) is 9.78 Å². The lowest BCUT2D eigenvalue weighted by Crippen LogP contribution is -2.16. The Morgan fingerprint density at radius 1 is 0.944 bits per heavy atom. The molecule has 0 bridgehead atoms. The first kappa shape index (κ1) is 23.1. The molecule has 7 heteroatoms. The number of benzene rings is 2. The predicted molar refractivity (Wildman–Crippen MR) is 143 cm³/mol. The van der Waals surface area contributed by atoms with Crippen LogP contribution in [0.25, 0.3) is 10.9 Å². The van der Waals surface area contributed by atoms with Crippen molar-refractivity contribution in [1.29, 1.82) is 0 Å². The van der Waals surface area contributed by atoms with Gasteiger partial charge < -0.3 is 20.4 Å². The minimum atomic E-state index is -0.255. The molecule has 0 saturated carbocycles. The zero-order valence-corrected chi connectivity index (χ0v) is 20.4. The van der Waals surface area contributed by atoms with Gasteiger partial charge in [0.15, 0.2) is 0 Å². The Morgan fingerprint density at radius 2 is 1.78 bits per heavy atom. The van der Waals surface area contributed by atoms with Crippen LogP contribution >= 0.6 is 0 Å². The molecule has 1 atom stereocenters. The Hall–Kier alpha value is -4.65. The number of methoxy groups -OCH3 is 1. The van der Waals surface area contributed by atoms with Gasteiger partial charge in [0.05, 0.1) is 24.4 Å². The molecule has 180 valence electrons. The lowest BCUT2D eigenvalue weighted by Gasteiger charge is -2.20. The summed E-state index contributed by atoms with van der Waals surface area (Å²) in [6, 6.07) is 22.6. The van der Waals surface area contributed by atoms with Gasteiger partial charge in [-0.1, -0.05) is 18.2 Å². The van der Waals surface area contributed by atoms with Crippen LogP contribution in [-0.2, 0) is 0 Å². The molecule has 0 spiro atoms. The highest BCUT2D eigenvalue weighted by molar-refractivity contribution is 6.07. The molecule has 0 aliphatic carbocycles. The average Bonchev–Trinajstić information content (AvgIpc) is 3.22. The zero-order valence-electron chi connectivity index (χ0n) is 20.4. The number of carbonyl (C=O) groups excluding carboxylic acids is 1. The lowest BCUT2D eigenvalue weighted by atomic mass is 9.99. The Morgan fingerprint density at radius 3 is 2.56 bits per heavy atom. The summed E-state index contributed by atoms with van der Waals surface area (Å²) in [6.07, 6.45) is 3.58. The normalized spacial score (nSPS) is 11.8. The van der Waals surface area contributed by atoms with Crippen LogP contribution in [0.1, 0.15) is 38.9 Å². The standard InChI is InChI=1S/C29H27N5O2/c1-18-13-15-31-26(16-18)34-28(24-9-6-7-14-30-24)27-19(2)32-23-12-11-20(17-22(23)27)33-29(35)21-8-4-5-10-25(21)36-3/h4-17,28,32H,1-3H3,(H,31,34)(H,33,35)/t28-/m1/s1. The highest BCUT2D eigenvalue weighted by Gasteiger charge is 2.23. The van der Waals surface area contributed by atoms with E-state index in [1.165, 1.54) is 0 Å². The topological polar surface area (TPSA) is 91.9 Å². The second-order valence-electron chi connectivity index (χ2n) is 8.63. The van der Waals surface area contributed by atoms with Crippen LogP contribution in [0.2, 0.25) is 0 Å². The SMILES string of the molecule is COc1ccccc1C(=O)Nc1ccc2[nH]c(C)c([C@H](Nc3cc(C)ccn3)c3ccccn3)c2c1. The minimum absolute atomic E-state index is 0.232. The van der Waals surface area contributed by atoms with Gasteiger partial charge in [0.1, 0.15) is 11.6 Å². The van der Waals surface area contributed by atoms with Crippen molar-refractivity contribution >= 4 is 28.3 Å². The monoisotopic (exact) mass is 477 g/mol. The first-order chi connectivity index (χ1) is 17.5. The van der Waals surface area contributed by atoms with Crippen molar-refractivity contribution in [3.05, 3.63) is 113 Å². The first-order valence-electron chi connectivity index (χ1n) is 11.7. The summed E-state index contributed by atoms with van der Waals surface area (Å²) in [5, 5.41) is 7.58. The van der Waals surface area contributed by atoms with E-state index in [4.69, 9.17) is 4.74 Å². The molecular weight excluding hydrogens is 450 g/mol. The van der Waals surface area contributed by atoms with Crippen LogP contribution in [0.3, 0.4) is 0 Å². The number of ether oxygens (including phenoxy) is 1. The number of aryl methyl sites for hydroxylation is 2. The maximum Gasteiger partial charge on any atom is 0.259 e. The lowest BCUT2D eigenvalue weighted by molar-refractivity contribution is 0.102. The number of aromatic nitrogens is 3. The number of fused-ring (bicyclic) bond motifs is 1. The Balaban J connectivity index is 1.56. The summed E-state index contributed by atoms with van der Waals surface area (Å²) >= 11 is 0. The third-order valence-electron chi connectivity index (χ3n) is 6.13. The molecule has 5 rings (SSSR count). The van der Waals surface area contributed by atoms with E-state index in [1.54, 1.807) is 31.6 Å². The van der Waals surface area contributed by atoms with Crippen molar-refractivity contribution < 1.29 is 9.53 Å². The number of hydrogen-bond donors (Lipinski definition) is 3. The summed E-state index contributed by atoms with van der Waals surface area (Å²) in [5.74, 6) is 1.06. The molecule has 0 fully saturated rings. The molecule has 5 aromatic rings. The largest absolute Gasteiger partial charge is 0.496 e. The van der Waals surface area contributed by atoms with E-state index in [9.17, 15) is 4.79 Å². The van der Waals surface area contributed by atoms with Gasteiger partial charge in [-0.05, 0) is 74.0 Å². The molecule has 3 aromatic heterocycles. The Bertz CT molecular complexity index is 1530. The van der Waals surface area contributed by atoms with Gasteiger partial charge in [-0.2, -0.15) is 0 Å². The van der Waals surface area contributed by atoms with Gasteiger partial charge in [0.2, 0.25) is 0 Å². The summed E-state index contributed by atoms with van der Waals surface area (Å²) in [7, 11) is 1.56. The number of hydrogen-bond acceptors (Lipinski definition) is 5. The number of pyridine rings is 2. The fourth-order valence-electron chi connectivity index (χ4n) is 4.43.